The maximum absolute atomic E-state index is 13.5. The zero-order valence-corrected chi connectivity index (χ0v) is 13.4. The summed E-state index contributed by atoms with van der Waals surface area (Å²) >= 11 is 3.28. The van der Waals surface area contributed by atoms with E-state index in [1.165, 1.54) is 12.1 Å². The Morgan fingerprint density at radius 3 is 2.95 bits per heavy atom. The normalized spacial score (nSPS) is 21.9. The molecule has 1 aliphatic rings. The summed E-state index contributed by atoms with van der Waals surface area (Å²) in [5, 5.41) is 7.52. The van der Waals surface area contributed by atoms with Crippen LogP contribution in [0.25, 0.3) is 11.4 Å². The Morgan fingerprint density at radius 1 is 1.43 bits per heavy atom. The van der Waals surface area contributed by atoms with E-state index in [1.54, 1.807) is 6.07 Å². The first-order chi connectivity index (χ1) is 10.1. The first-order valence-electron chi connectivity index (χ1n) is 7.19. The summed E-state index contributed by atoms with van der Waals surface area (Å²) in [6, 6.07) is 4.60. The van der Waals surface area contributed by atoms with Crippen LogP contribution in [0.3, 0.4) is 0 Å². The monoisotopic (exact) mass is 353 g/mol. The average molecular weight is 354 g/mol. The van der Waals surface area contributed by atoms with Crippen LogP contribution in [0.2, 0.25) is 0 Å². The fourth-order valence-electron chi connectivity index (χ4n) is 2.95. The van der Waals surface area contributed by atoms with Crippen LogP contribution in [0.5, 0.6) is 0 Å². The highest BCUT2D eigenvalue weighted by molar-refractivity contribution is 9.10. The molecule has 6 heteroatoms. The summed E-state index contributed by atoms with van der Waals surface area (Å²) in [6.45, 7) is 3.10. The minimum atomic E-state index is -0.326. The van der Waals surface area contributed by atoms with Crippen molar-refractivity contribution in [3.05, 3.63) is 34.4 Å². The Balaban J connectivity index is 1.95. The molecule has 21 heavy (non-hydrogen) atoms. The average Bonchev–Trinajstić information content (AvgIpc) is 3.07. The Hall–Kier alpha value is -1.27. The molecule has 1 N–H and O–H groups in total. The van der Waals surface area contributed by atoms with E-state index in [-0.39, 0.29) is 11.4 Å². The molecule has 1 atom stereocenters. The lowest BCUT2D eigenvalue weighted by molar-refractivity contribution is 0.241. The highest BCUT2D eigenvalue weighted by Crippen LogP contribution is 2.35. The molecule has 1 aromatic carbocycles. The van der Waals surface area contributed by atoms with Crippen molar-refractivity contribution in [1.29, 1.82) is 0 Å². The molecule has 3 rings (SSSR count). The van der Waals surface area contributed by atoms with Gasteiger partial charge < -0.3 is 9.84 Å². The van der Waals surface area contributed by atoms with Crippen LogP contribution >= 0.6 is 15.9 Å². The molecule has 1 aromatic heterocycles. The van der Waals surface area contributed by atoms with Crippen molar-refractivity contribution in [1.82, 2.24) is 15.5 Å². The number of rotatable bonds is 4. The fourth-order valence-corrected chi connectivity index (χ4v) is 3.42. The summed E-state index contributed by atoms with van der Waals surface area (Å²) in [7, 11) is 0. The summed E-state index contributed by atoms with van der Waals surface area (Å²) in [5.41, 5.74) is 0.395. The van der Waals surface area contributed by atoms with Gasteiger partial charge in [0.2, 0.25) is 11.7 Å². The summed E-state index contributed by atoms with van der Waals surface area (Å²) < 4.78 is 19.6. The zero-order valence-electron chi connectivity index (χ0n) is 11.8. The second-order valence-corrected chi connectivity index (χ2v) is 6.36. The number of aromatic nitrogens is 2. The van der Waals surface area contributed by atoms with E-state index in [9.17, 15) is 4.39 Å². The summed E-state index contributed by atoms with van der Waals surface area (Å²) in [4.78, 5) is 4.51. The molecule has 0 bridgehead atoms. The predicted molar refractivity (Wildman–Crippen MR) is 81.2 cm³/mol. The first-order valence-corrected chi connectivity index (χ1v) is 7.98. The maximum atomic E-state index is 13.5. The quantitative estimate of drug-likeness (QED) is 0.901. The van der Waals surface area contributed by atoms with E-state index >= 15 is 0 Å². The Morgan fingerprint density at radius 2 is 2.29 bits per heavy atom. The van der Waals surface area contributed by atoms with Gasteiger partial charge in [-0.05, 0) is 44.0 Å². The van der Waals surface area contributed by atoms with Crippen molar-refractivity contribution in [3.63, 3.8) is 0 Å². The SMILES string of the molecule is CCCC1(c2nc(-c3cc(F)cc(Br)c3)no2)CCCN1. The molecule has 0 radical (unpaired) electrons. The lowest BCUT2D eigenvalue weighted by Crippen LogP contribution is -2.36. The largest absolute Gasteiger partial charge is 0.337 e. The van der Waals surface area contributed by atoms with Gasteiger partial charge in [0.1, 0.15) is 5.82 Å². The van der Waals surface area contributed by atoms with Gasteiger partial charge in [-0.3, -0.25) is 0 Å². The summed E-state index contributed by atoms with van der Waals surface area (Å²) in [6.07, 6.45) is 4.09. The molecule has 112 valence electrons. The smallest absolute Gasteiger partial charge is 0.247 e. The lowest BCUT2D eigenvalue weighted by Gasteiger charge is -2.24. The molecule has 0 spiro atoms. The third-order valence-electron chi connectivity index (χ3n) is 3.88. The highest BCUT2D eigenvalue weighted by Gasteiger charge is 2.39. The summed E-state index contributed by atoms with van der Waals surface area (Å²) in [5.74, 6) is 0.708. The van der Waals surface area contributed by atoms with Gasteiger partial charge >= 0.3 is 0 Å². The molecule has 1 unspecified atom stereocenters. The Bertz CT molecular complexity index is 617. The molecule has 0 saturated carbocycles. The number of nitrogens with one attached hydrogen (secondary N) is 1. The predicted octanol–water partition coefficient (Wildman–Crippen LogP) is 4.02. The van der Waals surface area contributed by atoms with Crippen LogP contribution in [0.15, 0.2) is 27.2 Å². The van der Waals surface area contributed by atoms with Crippen molar-refractivity contribution < 1.29 is 8.91 Å². The van der Waals surface area contributed by atoms with Crippen molar-refractivity contribution in [2.24, 2.45) is 0 Å². The van der Waals surface area contributed by atoms with E-state index in [2.05, 4.69) is 38.3 Å². The van der Waals surface area contributed by atoms with E-state index in [1.807, 2.05) is 0 Å². The third kappa shape index (κ3) is 2.87. The van der Waals surface area contributed by atoms with E-state index in [4.69, 9.17) is 4.52 Å². The third-order valence-corrected chi connectivity index (χ3v) is 4.33. The van der Waals surface area contributed by atoms with Gasteiger partial charge in [0.25, 0.3) is 0 Å². The van der Waals surface area contributed by atoms with Gasteiger partial charge in [0.15, 0.2) is 0 Å². The Kier molecular flexibility index (Phi) is 4.08. The van der Waals surface area contributed by atoms with Crippen LogP contribution in [-0.4, -0.2) is 16.7 Å². The minimum Gasteiger partial charge on any atom is -0.337 e. The van der Waals surface area contributed by atoms with Crippen LogP contribution < -0.4 is 5.32 Å². The van der Waals surface area contributed by atoms with E-state index < -0.39 is 0 Å². The molecule has 0 aliphatic carbocycles. The molecule has 2 heterocycles. The standard InChI is InChI=1S/C15H17BrFN3O/c1-2-4-15(5-3-6-18-15)14-19-13(20-21-14)10-7-11(16)9-12(17)8-10/h7-9,18H,2-6H2,1H3. The molecule has 0 amide bonds. The lowest BCUT2D eigenvalue weighted by atomic mass is 9.92. The van der Waals surface area contributed by atoms with Gasteiger partial charge in [0, 0.05) is 10.0 Å². The van der Waals surface area contributed by atoms with Crippen molar-refractivity contribution >= 4 is 15.9 Å². The topological polar surface area (TPSA) is 51.0 Å². The van der Waals surface area contributed by atoms with Crippen LogP contribution in [-0.2, 0) is 5.54 Å². The zero-order chi connectivity index (χ0) is 14.9. The molecule has 2 aromatic rings. The van der Waals surface area contributed by atoms with Gasteiger partial charge in [-0.15, -0.1) is 0 Å². The molecule has 4 nitrogen and oxygen atoms in total. The first kappa shape index (κ1) is 14.7. The molecular weight excluding hydrogens is 337 g/mol. The van der Waals surface area contributed by atoms with Crippen LogP contribution in [0, 0.1) is 5.82 Å². The van der Waals surface area contributed by atoms with Gasteiger partial charge in [-0.25, -0.2) is 4.39 Å². The van der Waals surface area contributed by atoms with Crippen molar-refractivity contribution in [2.75, 3.05) is 6.54 Å². The number of nitrogens with zero attached hydrogens (tertiary/aromatic N) is 2. The van der Waals surface area contributed by atoms with Crippen molar-refractivity contribution in [3.8, 4) is 11.4 Å². The molecule has 1 fully saturated rings. The number of halogens is 2. The second kappa shape index (κ2) is 5.85. The van der Waals surface area contributed by atoms with Crippen LogP contribution in [0.4, 0.5) is 4.39 Å². The molecule has 1 aliphatic heterocycles. The van der Waals surface area contributed by atoms with Gasteiger partial charge in [0.05, 0.1) is 5.54 Å². The van der Waals surface area contributed by atoms with E-state index in [0.717, 1.165) is 32.2 Å². The molecule has 1 saturated heterocycles. The number of benzene rings is 1. The van der Waals surface area contributed by atoms with Crippen molar-refractivity contribution in [2.45, 2.75) is 38.1 Å². The fraction of sp³-hybridized carbons (Fsp3) is 0.467. The second-order valence-electron chi connectivity index (χ2n) is 5.44. The minimum absolute atomic E-state index is 0.218. The Labute approximate surface area is 131 Å². The van der Waals surface area contributed by atoms with Crippen LogP contribution in [0.1, 0.15) is 38.5 Å². The van der Waals surface area contributed by atoms with E-state index in [0.29, 0.717) is 21.8 Å². The highest BCUT2D eigenvalue weighted by atomic mass is 79.9. The number of hydrogen-bond acceptors (Lipinski definition) is 4. The molecular formula is C15H17BrFN3O. The van der Waals surface area contributed by atoms with Gasteiger partial charge in [-0.2, -0.15) is 4.98 Å². The maximum Gasteiger partial charge on any atom is 0.247 e. The van der Waals surface area contributed by atoms with Gasteiger partial charge in [-0.1, -0.05) is 34.4 Å². The number of hydrogen-bond donors (Lipinski definition) is 1.